The monoisotopic (exact) mass is 275 g/mol. The van der Waals surface area contributed by atoms with Crippen molar-refractivity contribution in [2.75, 3.05) is 0 Å². The predicted molar refractivity (Wildman–Crippen MR) is 73.4 cm³/mol. The maximum absolute atomic E-state index is 11.4. The van der Waals surface area contributed by atoms with Crippen molar-refractivity contribution in [3.63, 3.8) is 0 Å². The number of rotatable bonds is 5. The molecule has 0 bridgehead atoms. The van der Waals surface area contributed by atoms with Crippen LogP contribution in [0.15, 0.2) is 28.7 Å². The van der Waals surface area contributed by atoms with Gasteiger partial charge in [-0.15, -0.1) is 0 Å². The van der Waals surface area contributed by atoms with E-state index in [1.807, 2.05) is 6.07 Å². The summed E-state index contributed by atoms with van der Waals surface area (Å²) in [5.74, 6) is -0.579. The molecular weight excluding hydrogens is 258 g/mol. The number of hydrogen-bond acceptors (Lipinski definition) is 4. The SMILES string of the molecule is O=C(O)c1c(CNOC2CCCC2)oc2ccccc12. The van der Waals surface area contributed by atoms with Crippen molar-refractivity contribution in [2.24, 2.45) is 0 Å². The first-order valence-corrected chi connectivity index (χ1v) is 6.88. The maximum Gasteiger partial charge on any atom is 0.339 e. The van der Waals surface area contributed by atoms with Crippen LogP contribution in [0.5, 0.6) is 0 Å². The second kappa shape index (κ2) is 5.64. The predicted octanol–water partition coefficient (Wildman–Crippen LogP) is 3.09. The van der Waals surface area contributed by atoms with E-state index in [-0.39, 0.29) is 18.2 Å². The highest BCUT2D eigenvalue weighted by Gasteiger charge is 2.21. The molecule has 1 fully saturated rings. The Balaban J connectivity index is 1.76. The summed E-state index contributed by atoms with van der Waals surface area (Å²) < 4.78 is 5.60. The van der Waals surface area contributed by atoms with E-state index < -0.39 is 5.97 Å². The molecule has 1 heterocycles. The van der Waals surface area contributed by atoms with Gasteiger partial charge >= 0.3 is 5.97 Å². The highest BCUT2D eigenvalue weighted by Crippen LogP contribution is 2.26. The summed E-state index contributed by atoms with van der Waals surface area (Å²) in [6.45, 7) is 0.257. The molecule has 20 heavy (non-hydrogen) atoms. The van der Waals surface area contributed by atoms with E-state index in [2.05, 4.69) is 5.48 Å². The van der Waals surface area contributed by atoms with Crippen LogP contribution in [0.4, 0.5) is 0 Å². The van der Waals surface area contributed by atoms with Gasteiger partial charge in [0.1, 0.15) is 16.9 Å². The maximum atomic E-state index is 11.4. The smallest absolute Gasteiger partial charge is 0.339 e. The van der Waals surface area contributed by atoms with Crippen LogP contribution in [0.3, 0.4) is 0 Å². The molecule has 0 radical (unpaired) electrons. The highest BCUT2D eigenvalue weighted by molar-refractivity contribution is 6.03. The quantitative estimate of drug-likeness (QED) is 0.820. The second-order valence-electron chi connectivity index (χ2n) is 5.05. The molecule has 0 unspecified atom stereocenters. The lowest BCUT2D eigenvalue weighted by atomic mass is 10.1. The van der Waals surface area contributed by atoms with E-state index in [4.69, 9.17) is 9.25 Å². The van der Waals surface area contributed by atoms with Gasteiger partial charge in [-0.05, 0) is 18.9 Å². The van der Waals surface area contributed by atoms with Gasteiger partial charge in [-0.2, -0.15) is 5.48 Å². The molecular formula is C15H17NO4. The number of carboxylic acid groups (broad SMARTS) is 1. The van der Waals surface area contributed by atoms with E-state index in [9.17, 15) is 9.90 Å². The number of nitrogens with one attached hydrogen (secondary N) is 1. The third-order valence-corrected chi connectivity index (χ3v) is 3.67. The average molecular weight is 275 g/mol. The Labute approximate surface area is 116 Å². The van der Waals surface area contributed by atoms with Crippen molar-refractivity contribution < 1.29 is 19.2 Å². The van der Waals surface area contributed by atoms with Gasteiger partial charge in [0.05, 0.1) is 12.6 Å². The Kier molecular flexibility index (Phi) is 3.71. The number of fused-ring (bicyclic) bond motifs is 1. The largest absolute Gasteiger partial charge is 0.478 e. The van der Waals surface area contributed by atoms with Crippen LogP contribution in [0, 0.1) is 0 Å². The summed E-state index contributed by atoms with van der Waals surface area (Å²) in [6.07, 6.45) is 4.72. The number of carboxylic acids is 1. The minimum atomic E-state index is -0.979. The molecule has 0 spiro atoms. The molecule has 3 rings (SSSR count). The van der Waals surface area contributed by atoms with Crippen molar-refractivity contribution in [2.45, 2.75) is 38.3 Å². The van der Waals surface area contributed by atoms with E-state index in [1.54, 1.807) is 18.2 Å². The summed E-state index contributed by atoms with van der Waals surface area (Å²) in [4.78, 5) is 16.9. The molecule has 5 heteroatoms. The fraction of sp³-hybridized carbons (Fsp3) is 0.400. The molecule has 0 aliphatic heterocycles. The summed E-state index contributed by atoms with van der Waals surface area (Å²) in [6, 6.07) is 7.15. The van der Waals surface area contributed by atoms with Crippen LogP contribution in [-0.2, 0) is 11.4 Å². The lowest BCUT2D eigenvalue weighted by Gasteiger charge is -2.10. The summed E-state index contributed by atoms with van der Waals surface area (Å²) >= 11 is 0. The number of hydroxylamine groups is 1. The topological polar surface area (TPSA) is 71.7 Å². The number of carbonyl (C=O) groups is 1. The van der Waals surface area contributed by atoms with Gasteiger partial charge in [0.2, 0.25) is 0 Å². The van der Waals surface area contributed by atoms with Gasteiger partial charge < -0.3 is 9.52 Å². The minimum Gasteiger partial charge on any atom is -0.478 e. The molecule has 0 amide bonds. The zero-order valence-corrected chi connectivity index (χ0v) is 11.1. The Hall–Kier alpha value is -1.85. The number of hydrogen-bond donors (Lipinski definition) is 2. The molecule has 0 saturated heterocycles. The lowest BCUT2D eigenvalue weighted by Crippen LogP contribution is -2.21. The summed E-state index contributed by atoms with van der Waals surface area (Å²) in [7, 11) is 0. The first-order valence-electron chi connectivity index (χ1n) is 6.88. The van der Waals surface area contributed by atoms with E-state index in [0.29, 0.717) is 16.7 Å². The average Bonchev–Trinajstić information content (AvgIpc) is 3.05. The standard InChI is InChI=1S/C15H17NO4/c17-15(18)14-11-7-3-4-8-12(11)19-13(14)9-16-20-10-5-1-2-6-10/h3-4,7-8,10,16H,1-2,5-6,9H2,(H,17,18). The number of benzene rings is 1. The van der Waals surface area contributed by atoms with Crippen molar-refractivity contribution in [3.8, 4) is 0 Å². The van der Waals surface area contributed by atoms with Crippen LogP contribution >= 0.6 is 0 Å². The van der Waals surface area contributed by atoms with Gasteiger partial charge in [0.15, 0.2) is 0 Å². The van der Waals surface area contributed by atoms with Crippen LogP contribution in [0.1, 0.15) is 41.8 Å². The lowest BCUT2D eigenvalue weighted by molar-refractivity contribution is -0.0267. The zero-order valence-electron chi connectivity index (χ0n) is 11.1. The highest BCUT2D eigenvalue weighted by atomic mass is 16.7. The fourth-order valence-corrected chi connectivity index (χ4v) is 2.69. The molecule has 106 valence electrons. The number of furan rings is 1. The van der Waals surface area contributed by atoms with Crippen LogP contribution in [-0.4, -0.2) is 17.2 Å². The number of aromatic carboxylic acids is 1. The van der Waals surface area contributed by atoms with E-state index in [1.165, 1.54) is 12.8 Å². The minimum absolute atomic E-state index is 0.211. The van der Waals surface area contributed by atoms with Crippen molar-refractivity contribution in [1.82, 2.24) is 5.48 Å². The molecule has 1 aliphatic carbocycles. The molecule has 2 aromatic rings. The summed E-state index contributed by atoms with van der Waals surface area (Å²) in [5, 5.41) is 9.96. The zero-order chi connectivity index (χ0) is 13.9. The first-order chi connectivity index (χ1) is 9.75. The van der Waals surface area contributed by atoms with Crippen LogP contribution in [0.2, 0.25) is 0 Å². The normalized spacial score (nSPS) is 16.0. The third-order valence-electron chi connectivity index (χ3n) is 3.67. The van der Waals surface area contributed by atoms with Crippen LogP contribution < -0.4 is 5.48 Å². The molecule has 2 N–H and O–H groups in total. The Bertz CT molecular complexity index is 613. The Morgan fingerprint density at radius 3 is 2.85 bits per heavy atom. The van der Waals surface area contributed by atoms with Gasteiger partial charge in [0.25, 0.3) is 0 Å². The number of para-hydroxylation sites is 1. The first kappa shape index (κ1) is 13.1. The molecule has 5 nitrogen and oxygen atoms in total. The van der Waals surface area contributed by atoms with Gasteiger partial charge in [-0.25, -0.2) is 4.79 Å². The molecule has 0 atom stereocenters. The van der Waals surface area contributed by atoms with Gasteiger partial charge in [-0.3, -0.25) is 4.84 Å². The van der Waals surface area contributed by atoms with E-state index in [0.717, 1.165) is 12.8 Å². The van der Waals surface area contributed by atoms with Crippen molar-refractivity contribution >= 4 is 16.9 Å². The Morgan fingerprint density at radius 2 is 2.10 bits per heavy atom. The van der Waals surface area contributed by atoms with Crippen molar-refractivity contribution in [1.29, 1.82) is 0 Å². The van der Waals surface area contributed by atoms with Gasteiger partial charge in [0, 0.05) is 5.39 Å². The van der Waals surface area contributed by atoms with Gasteiger partial charge in [-0.1, -0.05) is 31.0 Å². The molecule has 1 aliphatic rings. The van der Waals surface area contributed by atoms with E-state index >= 15 is 0 Å². The fourth-order valence-electron chi connectivity index (χ4n) is 2.69. The second-order valence-corrected chi connectivity index (χ2v) is 5.05. The molecule has 1 aromatic carbocycles. The summed E-state index contributed by atoms with van der Waals surface area (Å²) in [5.41, 5.74) is 3.64. The third kappa shape index (κ3) is 2.55. The van der Waals surface area contributed by atoms with Crippen molar-refractivity contribution in [3.05, 3.63) is 35.6 Å². The Morgan fingerprint density at radius 1 is 1.35 bits per heavy atom. The molecule has 1 saturated carbocycles. The van der Waals surface area contributed by atoms with Crippen LogP contribution in [0.25, 0.3) is 11.0 Å². The molecule has 1 aromatic heterocycles.